The molecule has 0 spiro atoms. The molecule has 6 rings (SSSR count). The molecular formula is C24H23N5S. The van der Waals surface area contributed by atoms with Crippen LogP contribution in [0, 0.1) is 0 Å². The Bertz CT molecular complexity index is 1180. The quantitative estimate of drug-likeness (QED) is 0.412. The first kappa shape index (κ1) is 18.0. The summed E-state index contributed by atoms with van der Waals surface area (Å²) < 4.78 is 4.40. The van der Waals surface area contributed by atoms with Gasteiger partial charge in [-0.1, -0.05) is 48.2 Å². The van der Waals surface area contributed by atoms with Gasteiger partial charge in [-0.3, -0.25) is 4.57 Å². The number of fused-ring (bicyclic) bond motifs is 1. The molecule has 0 amide bonds. The van der Waals surface area contributed by atoms with Gasteiger partial charge in [0.25, 0.3) is 0 Å². The van der Waals surface area contributed by atoms with Crippen LogP contribution in [0.25, 0.3) is 11.4 Å². The summed E-state index contributed by atoms with van der Waals surface area (Å²) in [6.45, 7) is 0. The zero-order valence-electron chi connectivity index (χ0n) is 16.7. The highest BCUT2D eigenvalue weighted by Crippen LogP contribution is 2.41. The van der Waals surface area contributed by atoms with Crippen LogP contribution < -0.4 is 0 Å². The lowest BCUT2D eigenvalue weighted by Gasteiger charge is -2.09. The van der Waals surface area contributed by atoms with E-state index in [0.717, 1.165) is 41.0 Å². The molecule has 0 saturated heterocycles. The minimum Gasteiger partial charge on any atom is -0.274 e. The minimum atomic E-state index is 0.550. The van der Waals surface area contributed by atoms with Crippen molar-refractivity contribution in [2.24, 2.45) is 0 Å². The highest BCUT2D eigenvalue weighted by Gasteiger charge is 2.31. The normalized spacial score (nSPS) is 15.5. The molecule has 0 radical (unpaired) electrons. The topological polar surface area (TPSA) is 48.5 Å². The molecule has 0 atom stereocenters. The van der Waals surface area contributed by atoms with E-state index >= 15 is 0 Å². The number of hydrogen-bond donors (Lipinski definition) is 0. The molecule has 2 aliphatic rings. The van der Waals surface area contributed by atoms with Gasteiger partial charge in [0, 0.05) is 23.1 Å². The van der Waals surface area contributed by atoms with Crippen LogP contribution in [0.1, 0.15) is 48.0 Å². The first-order valence-electron chi connectivity index (χ1n) is 10.7. The Morgan fingerprint density at radius 3 is 2.33 bits per heavy atom. The van der Waals surface area contributed by atoms with Crippen LogP contribution >= 0.6 is 11.8 Å². The molecule has 2 aromatic carbocycles. The second-order valence-corrected chi connectivity index (χ2v) is 8.99. The zero-order chi connectivity index (χ0) is 19.9. The largest absolute Gasteiger partial charge is 0.274 e. The van der Waals surface area contributed by atoms with Crippen LogP contribution in [0.4, 0.5) is 0 Å². The molecule has 30 heavy (non-hydrogen) atoms. The monoisotopic (exact) mass is 413 g/mol. The summed E-state index contributed by atoms with van der Waals surface area (Å²) in [5.74, 6) is 2.47. The van der Waals surface area contributed by atoms with Gasteiger partial charge in [-0.25, -0.2) is 4.68 Å². The van der Waals surface area contributed by atoms with Gasteiger partial charge in [0.1, 0.15) is 5.82 Å². The van der Waals surface area contributed by atoms with Crippen molar-refractivity contribution in [1.29, 1.82) is 0 Å². The first-order chi connectivity index (χ1) is 14.9. The average molecular weight is 414 g/mol. The minimum absolute atomic E-state index is 0.550. The Labute approximate surface area is 180 Å². The number of thioether (sulfide) groups is 1. The van der Waals surface area contributed by atoms with E-state index in [9.17, 15) is 0 Å². The Morgan fingerprint density at radius 2 is 1.60 bits per heavy atom. The second-order valence-electron chi connectivity index (χ2n) is 8.05. The molecule has 4 aromatic rings. The van der Waals surface area contributed by atoms with Crippen LogP contribution in [0.2, 0.25) is 0 Å². The predicted octanol–water partition coefficient (Wildman–Crippen LogP) is 5.11. The highest BCUT2D eigenvalue weighted by atomic mass is 32.2. The number of benzene rings is 2. The van der Waals surface area contributed by atoms with Crippen LogP contribution in [0.5, 0.6) is 0 Å². The number of nitrogens with zero attached hydrogens (tertiary/aromatic N) is 5. The van der Waals surface area contributed by atoms with Crippen molar-refractivity contribution in [3.05, 3.63) is 83.4 Å². The van der Waals surface area contributed by atoms with Crippen molar-refractivity contribution in [2.75, 3.05) is 0 Å². The van der Waals surface area contributed by atoms with E-state index in [1.807, 2.05) is 0 Å². The maximum atomic E-state index is 5.01. The summed E-state index contributed by atoms with van der Waals surface area (Å²) in [6.07, 6.45) is 5.86. The number of para-hydroxylation sites is 2. The molecule has 0 aliphatic heterocycles. The van der Waals surface area contributed by atoms with E-state index in [0.29, 0.717) is 5.92 Å². The number of hydrogen-bond acceptors (Lipinski definition) is 4. The fourth-order valence-corrected chi connectivity index (χ4v) is 5.27. The molecule has 5 nitrogen and oxygen atoms in total. The molecule has 0 N–H and O–H groups in total. The summed E-state index contributed by atoms with van der Waals surface area (Å²) in [7, 11) is 0. The average Bonchev–Trinajstić information content (AvgIpc) is 3.22. The maximum absolute atomic E-state index is 5.01. The lowest BCUT2D eigenvalue weighted by Crippen LogP contribution is -2.02. The summed E-state index contributed by atoms with van der Waals surface area (Å²) in [4.78, 5) is 0. The van der Waals surface area contributed by atoms with Crippen LogP contribution in [-0.2, 0) is 18.6 Å². The van der Waals surface area contributed by atoms with E-state index < -0.39 is 0 Å². The van der Waals surface area contributed by atoms with Gasteiger partial charge in [0.05, 0.1) is 11.4 Å². The van der Waals surface area contributed by atoms with E-state index in [2.05, 4.69) is 80.1 Å². The fraction of sp³-hybridized carbons (Fsp3) is 0.292. The van der Waals surface area contributed by atoms with E-state index in [-0.39, 0.29) is 0 Å². The van der Waals surface area contributed by atoms with Crippen molar-refractivity contribution in [3.8, 4) is 11.4 Å². The number of aromatic nitrogens is 5. The molecule has 2 heterocycles. The first-order valence-corrected chi connectivity index (χ1v) is 11.7. The third-order valence-electron chi connectivity index (χ3n) is 5.97. The molecule has 1 fully saturated rings. The SMILES string of the molecule is c1ccc(-n2nc(CSc3nnc(C4CC4)n3-c3ccccc3)c3c2CCC3)cc1. The van der Waals surface area contributed by atoms with Crippen LogP contribution in [0.15, 0.2) is 65.8 Å². The van der Waals surface area contributed by atoms with Gasteiger partial charge in [-0.2, -0.15) is 5.10 Å². The third-order valence-corrected chi connectivity index (χ3v) is 6.91. The molecule has 2 aliphatic carbocycles. The lowest BCUT2D eigenvalue weighted by molar-refractivity contribution is 0.770. The smallest absolute Gasteiger partial charge is 0.196 e. The van der Waals surface area contributed by atoms with Crippen molar-refractivity contribution < 1.29 is 0 Å². The summed E-state index contributed by atoms with van der Waals surface area (Å²) >= 11 is 1.75. The Hall–Kier alpha value is -2.86. The molecule has 1 saturated carbocycles. The molecule has 6 heteroatoms. The molecule has 0 unspecified atom stereocenters. The van der Waals surface area contributed by atoms with Crippen molar-refractivity contribution in [1.82, 2.24) is 24.5 Å². The lowest BCUT2D eigenvalue weighted by atomic mass is 10.2. The summed E-state index contributed by atoms with van der Waals surface area (Å²) in [5.41, 5.74) is 6.29. The second kappa shape index (κ2) is 7.43. The van der Waals surface area contributed by atoms with Gasteiger partial charge in [0.15, 0.2) is 5.16 Å². The van der Waals surface area contributed by atoms with Crippen molar-refractivity contribution in [3.63, 3.8) is 0 Å². The van der Waals surface area contributed by atoms with Gasteiger partial charge in [-0.15, -0.1) is 10.2 Å². The fourth-order valence-electron chi connectivity index (χ4n) is 4.35. The van der Waals surface area contributed by atoms with Crippen molar-refractivity contribution in [2.45, 2.75) is 48.9 Å². The standard InChI is InChI=1S/C24H23N5S/c1-3-8-18(9-4-1)28-23(17-14-15-17)25-26-24(28)30-16-21-20-12-7-13-22(20)29(27-21)19-10-5-2-6-11-19/h1-6,8-11,17H,7,12-16H2. The zero-order valence-corrected chi connectivity index (χ0v) is 17.6. The van der Waals surface area contributed by atoms with E-state index in [1.165, 1.54) is 36.2 Å². The molecular weight excluding hydrogens is 390 g/mol. The van der Waals surface area contributed by atoms with Crippen LogP contribution in [0.3, 0.4) is 0 Å². The third kappa shape index (κ3) is 3.16. The summed E-state index contributed by atoms with van der Waals surface area (Å²) in [5, 5.41) is 15.1. The molecule has 2 aromatic heterocycles. The molecule has 0 bridgehead atoms. The highest BCUT2D eigenvalue weighted by molar-refractivity contribution is 7.98. The predicted molar refractivity (Wildman–Crippen MR) is 118 cm³/mol. The van der Waals surface area contributed by atoms with Gasteiger partial charge < -0.3 is 0 Å². The Morgan fingerprint density at radius 1 is 0.867 bits per heavy atom. The van der Waals surface area contributed by atoms with Crippen molar-refractivity contribution >= 4 is 11.8 Å². The van der Waals surface area contributed by atoms with Gasteiger partial charge in [-0.05, 0) is 61.9 Å². The van der Waals surface area contributed by atoms with Gasteiger partial charge >= 0.3 is 0 Å². The van der Waals surface area contributed by atoms with E-state index in [1.54, 1.807) is 11.8 Å². The number of rotatable bonds is 6. The summed E-state index contributed by atoms with van der Waals surface area (Å²) in [6, 6.07) is 21.0. The van der Waals surface area contributed by atoms with Crippen LogP contribution in [-0.4, -0.2) is 24.5 Å². The van der Waals surface area contributed by atoms with E-state index in [4.69, 9.17) is 5.10 Å². The Kier molecular flexibility index (Phi) is 4.45. The van der Waals surface area contributed by atoms with Gasteiger partial charge in [0.2, 0.25) is 0 Å². The maximum Gasteiger partial charge on any atom is 0.196 e. The Balaban J connectivity index is 1.33. The molecule has 150 valence electrons.